The number of hydrogen-bond acceptors (Lipinski definition) is 4. The smallest absolute Gasteiger partial charge is 0.323 e. The summed E-state index contributed by atoms with van der Waals surface area (Å²) in [5.41, 5.74) is 2.95. The fraction of sp³-hybridized carbons (Fsp3) is 0.125. The third-order valence-corrected chi connectivity index (χ3v) is 5.26. The van der Waals surface area contributed by atoms with Crippen LogP contribution in [-0.2, 0) is 16.0 Å². The van der Waals surface area contributed by atoms with E-state index >= 15 is 0 Å². The maximum absolute atomic E-state index is 13.5. The molecule has 1 amide bonds. The Kier molecular flexibility index (Phi) is 5.73. The maximum atomic E-state index is 13.5. The average molecular weight is 435 g/mol. The van der Waals surface area contributed by atoms with E-state index in [1.54, 1.807) is 42.5 Å². The van der Waals surface area contributed by atoms with Crippen LogP contribution in [0.1, 0.15) is 16.7 Å². The van der Waals surface area contributed by atoms with Crippen LogP contribution in [0.15, 0.2) is 77.8 Å². The van der Waals surface area contributed by atoms with E-state index in [0.717, 1.165) is 5.56 Å². The first-order valence-corrected chi connectivity index (χ1v) is 10.0. The first-order chi connectivity index (χ1) is 14.9. The second-order valence-electron chi connectivity index (χ2n) is 7.21. The van der Waals surface area contributed by atoms with Crippen molar-refractivity contribution in [1.82, 2.24) is 0 Å². The minimum absolute atomic E-state index is 0.0632. The van der Waals surface area contributed by atoms with Crippen LogP contribution in [0, 0.1) is 0 Å². The number of carboxylic acids is 1. The van der Waals surface area contributed by atoms with Crippen LogP contribution in [-0.4, -0.2) is 40.4 Å². The lowest BCUT2D eigenvalue weighted by Crippen LogP contribution is -2.42. The van der Waals surface area contributed by atoms with Crippen molar-refractivity contribution < 1.29 is 19.8 Å². The van der Waals surface area contributed by atoms with Gasteiger partial charge in [0.05, 0.1) is 11.4 Å². The summed E-state index contributed by atoms with van der Waals surface area (Å²) in [4.78, 5) is 31.0. The van der Waals surface area contributed by atoms with Gasteiger partial charge in [0.15, 0.2) is 0 Å². The fourth-order valence-electron chi connectivity index (χ4n) is 3.66. The number of phenols is 1. The van der Waals surface area contributed by atoms with Gasteiger partial charge in [-0.05, 0) is 35.9 Å². The Bertz CT molecular complexity index is 1180. The summed E-state index contributed by atoms with van der Waals surface area (Å²) < 4.78 is 0. The number of halogens is 1. The summed E-state index contributed by atoms with van der Waals surface area (Å²) in [7, 11) is 0. The third kappa shape index (κ3) is 4.44. The Morgan fingerprint density at radius 2 is 1.81 bits per heavy atom. The second-order valence-corrected chi connectivity index (χ2v) is 7.65. The number of phenolic OH excluding ortho intramolecular Hbond substituents is 1. The normalized spacial score (nSPS) is 15.8. The number of benzene rings is 3. The number of carbonyl (C=O) groups excluding carboxylic acids is 1. The quantitative estimate of drug-likeness (QED) is 0.636. The SMILES string of the molecule is O=C(O)CN1C(=O)C(Cc2ccccc2)N=C(c2cccc(O)c2)c2ccc(Cl)cc21. The fourth-order valence-corrected chi connectivity index (χ4v) is 3.83. The van der Waals surface area contributed by atoms with Crippen LogP contribution in [0.3, 0.4) is 0 Å². The molecule has 31 heavy (non-hydrogen) atoms. The number of hydrogen-bond donors (Lipinski definition) is 2. The Labute approximate surface area is 184 Å². The molecule has 0 aliphatic carbocycles. The van der Waals surface area contributed by atoms with Crippen molar-refractivity contribution in [3.8, 4) is 5.75 Å². The molecule has 0 spiro atoms. The van der Waals surface area contributed by atoms with Crippen molar-refractivity contribution in [2.24, 2.45) is 4.99 Å². The monoisotopic (exact) mass is 434 g/mol. The molecule has 1 atom stereocenters. The van der Waals surface area contributed by atoms with Crippen LogP contribution < -0.4 is 4.90 Å². The molecular weight excluding hydrogens is 416 g/mol. The molecule has 7 heteroatoms. The van der Waals surface area contributed by atoms with Gasteiger partial charge in [0.25, 0.3) is 5.91 Å². The van der Waals surface area contributed by atoms with Gasteiger partial charge < -0.3 is 10.2 Å². The highest BCUT2D eigenvalue weighted by Crippen LogP contribution is 2.32. The number of aliphatic carboxylic acids is 1. The van der Waals surface area contributed by atoms with Crippen molar-refractivity contribution in [2.75, 3.05) is 11.4 Å². The number of nitrogens with zero attached hydrogens (tertiary/aromatic N) is 2. The Morgan fingerprint density at radius 3 is 2.52 bits per heavy atom. The molecule has 1 aliphatic heterocycles. The molecule has 0 saturated carbocycles. The van der Waals surface area contributed by atoms with Gasteiger partial charge in [0.2, 0.25) is 0 Å². The first-order valence-electron chi connectivity index (χ1n) is 9.66. The zero-order valence-electron chi connectivity index (χ0n) is 16.4. The molecule has 156 valence electrons. The van der Waals surface area contributed by atoms with Gasteiger partial charge in [0.1, 0.15) is 18.3 Å². The van der Waals surface area contributed by atoms with E-state index in [-0.39, 0.29) is 5.75 Å². The van der Waals surface area contributed by atoms with Crippen LogP contribution in [0.2, 0.25) is 5.02 Å². The van der Waals surface area contributed by atoms with E-state index in [0.29, 0.717) is 34.0 Å². The molecule has 0 aromatic heterocycles. The highest BCUT2D eigenvalue weighted by Gasteiger charge is 2.33. The van der Waals surface area contributed by atoms with Crippen molar-refractivity contribution in [1.29, 1.82) is 0 Å². The van der Waals surface area contributed by atoms with Crippen molar-refractivity contribution >= 4 is 34.9 Å². The number of fused-ring (bicyclic) bond motifs is 1. The molecule has 0 fully saturated rings. The maximum Gasteiger partial charge on any atom is 0.323 e. The molecule has 6 nitrogen and oxygen atoms in total. The van der Waals surface area contributed by atoms with Gasteiger partial charge >= 0.3 is 5.97 Å². The van der Waals surface area contributed by atoms with Gasteiger partial charge in [0, 0.05) is 22.6 Å². The Morgan fingerprint density at radius 1 is 1.03 bits per heavy atom. The lowest BCUT2D eigenvalue weighted by Gasteiger charge is -2.23. The number of benzodiazepines with no additional fused rings is 1. The molecule has 4 rings (SSSR count). The Hall–Kier alpha value is -3.64. The van der Waals surface area contributed by atoms with E-state index in [1.165, 1.54) is 4.90 Å². The van der Waals surface area contributed by atoms with Gasteiger partial charge in [-0.15, -0.1) is 0 Å². The van der Waals surface area contributed by atoms with Crippen molar-refractivity contribution in [3.63, 3.8) is 0 Å². The number of aliphatic imine (C=N–C) groups is 1. The van der Waals surface area contributed by atoms with Gasteiger partial charge in [-0.3, -0.25) is 19.5 Å². The predicted octanol–water partition coefficient (Wildman–Crippen LogP) is 3.93. The standard InChI is InChI=1S/C24H19ClN2O4/c25-17-9-10-19-21(13-17)27(14-22(29)30)24(31)20(11-15-5-2-1-3-6-15)26-23(19)16-7-4-8-18(28)12-16/h1-10,12-13,20,28H,11,14H2,(H,29,30). The minimum Gasteiger partial charge on any atom is -0.508 e. The summed E-state index contributed by atoms with van der Waals surface area (Å²) >= 11 is 6.20. The molecule has 0 radical (unpaired) electrons. The number of carbonyl (C=O) groups is 2. The number of amides is 1. The molecule has 2 N–H and O–H groups in total. The van der Waals surface area contributed by atoms with Crippen molar-refractivity contribution in [3.05, 3.63) is 94.5 Å². The molecular formula is C24H19ClN2O4. The van der Waals surface area contributed by atoms with E-state index in [4.69, 9.17) is 16.6 Å². The highest BCUT2D eigenvalue weighted by atomic mass is 35.5. The summed E-state index contributed by atoms with van der Waals surface area (Å²) in [6.45, 7) is -0.514. The molecule has 3 aromatic carbocycles. The number of rotatable bonds is 5. The van der Waals surface area contributed by atoms with Gasteiger partial charge in [-0.2, -0.15) is 0 Å². The van der Waals surface area contributed by atoms with Crippen molar-refractivity contribution in [2.45, 2.75) is 12.5 Å². The molecule has 0 saturated heterocycles. The third-order valence-electron chi connectivity index (χ3n) is 5.03. The summed E-state index contributed by atoms with van der Waals surface area (Å²) in [5, 5.41) is 19.8. The molecule has 0 bridgehead atoms. The van der Waals surface area contributed by atoms with E-state index in [1.807, 2.05) is 30.3 Å². The zero-order valence-corrected chi connectivity index (χ0v) is 17.2. The minimum atomic E-state index is -1.14. The van der Waals surface area contributed by atoms with Crippen LogP contribution in [0.4, 0.5) is 5.69 Å². The summed E-state index contributed by atoms with van der Waals surface area (Å²) in [6, 6.07) is 20.1. The lowest BCUT2D eigenvalue weighted by molar-refractivity contribution is -0.136. The number of aromatic hydroxyl groups is 1. The molecule has 3 aromatic rings. The lowest BCUT2D eigenvalue weighted by atomic mass is 10.00. The number of carboxylic acid groups (broad SMARTS) is 1. The van der Waals surface area contributed by atoms with E-state index < -0.39 is 24.5 Å². The van der Waals surface area contributed by atoms with Gasteiger partial charge in [-0.1, -0.05) is 54.1 Å². The average Bonchev–Trinajstić information content (AvgIpc) is 2.85. The van der Waals surface area contributed by atoms with Crippen LogP contribution in [0.25, 0.3) is 0 Å². The topological polar surface area (TPSA) is 90.2 Å². The largest absolute Gasteiger partial charge is 0.508 e. The van der Waals surface area contributed by atoms with Crippen LogP contribution in [0.5, 0.6) is 5.75 Å². The Balaban J connectivity index is 1.91. The van der Waals surface area contributed by atoms with E-state index in [2.05, 4.69) is 0 Å². The van der Waals surface area contributed by atoms with E-state index in [9.17, 15) is 19.8 Å². The summed E-state index contributed by atoms with van der Waals surface area (Å²) in [5.74, 6) is -1.50. The van der Waals surface area contributed by atoms with Gasteiger partial charge in [-0.25, -0.2) is 0 Å². The number of anilines is 1. The molecule has 1 unspecified atom stereocenters. The molecule has 1 heterocycles. The first kappa shape index (κ1) is 20.6. The predicted molar refractivity (Wildman–Crippen MR) is 119 cm³/mol. The molecule has 1 aliphatic rings. The zero-order chi connectivity index (χ0) is 22.0. The highest BCUT2D eigenvalue weighted by molar-refractivity contribution is 6.31. The second kappa shape index (κ2) is 8.62. The summed E-state index contributed by atoms with van der Waals surface area (Å²) in [6.07, 6.45) is 0.305. The van der Waals surface area contributed by atoms with Crippen LogP contribution >= 0.6 is 11.6 Å².